The molecule has 2 aromatic heterocycles. The minimum Gasteiger partial charge on any atom is -0.491 e. The van der Waals surface area contributed by atoms with Crippen LogP contribution in [0.5, 0.6) is 5.75 Å². The zero-order valence-electron chi connectivity index (χ0n) is 29.2. The number of anilines is 2. The number of aromatic amines is 1. The van der Waals surface area contributed by atoms with Gasteiger partial charge >= 0.3 is 0 Å². The van der Waals surface area contributed by atoms with E-state index in [2.05, 4.69) is 30.4 Å². The molecule has 14 heteroatoms. The Balaban J connectivity index is 0.934. The SMILES string of the molecule is COCCOc1ccc(-c2n[nH]c3ccc(NC(=O)C4(OC)CCN(CC(=O)N5CCN(c6ccc(-c7ncccn7)c(F)c6)CC5)C4)cc23)cc1. The summed E-state index contributed by atoms with van der Waals surface area (Å²) in [6, 6.07) is 20.0. The van der Waals surface area contributed by atoms with Gasteiger partial charge in [0.05, 0.1) is 29.9 Å². The fraction of sp³-hybridized carbons (Fsp3) is 0.342. The van der Waals surface area contributed by atoms with Gasteiger partial charge in [-0.3, -0.25) is 19.6 Å². The monoisotopic (exact) mass is 708 g/mol. The molecule has 1 atom stereocenters. The molecule has 2 saturated heterocycles. The first-order chi connectivity index (χ1) is 25.4. The highest BCUT2D eigenvalue weighted by atomic mass is 19.1. The van der Waals surface area contributed by atoms with Gasteiger partial charge in [0, 0.05) is 88.2 Å². The standard InChI is InChI=1S/C38H41FN8O5/c1-50-20-21-52-29-8-4-26(5-9-29)35-31-22-27(6-11-33(31)43-44-35)42-37(49)38(51-2)12-15-45(25-38)24-34(48)47-18-16-46(17-19-47)28-7-10-30(32(39)23-28)36-40-13-3-14-41-36/h3-11,13-14,22-23H,12,15-21,24-25H2,1-2H3,(H,42,49)(H,43,44). The Kier molecular flexibility index (Phi) is 10.4. The molecule has 0 bridgehead atoms. The van der Waals surface area contributed by atoms with Gasteiger partial charge in [0.1, 0.15) is 18.2 Å². The van der Waals surface area contributed by atoms with E-state index in [4.69, 9.17) is 14.2 Å². The summed E-state index contributed by atoms with van der Waals surface area (Å²) in [6.07, 6.45) is 3.62. The van der Waals surface area contributed by atoms with Gasteiger partial charge in [0.15, 0.2) is 11.4 Å². The summed E-state index contributed by atoms with van der Waals surface area (Å²) >= 11 is 0. The largest absolute Gasteiger partial charge is 0.491 e. The van der Waals surface area contributed by atoms with Crippen molar-refractivity contribution < 1.29 is 28.2 Å². The van der Waals surface area contributed by atoms with E-state index in [0.29, 0.717) is 69.4 Å². The van der Waals surface area contributed by atoms with E-state index >= 15 is 0 Å². The van der Waals surface area contributed by atoms with E-state index in [-0.39, 0.29) is 30.7 Å². The van der Waals surface area contributed by atoms with Crippen LogP contribution in [0.15, 0.2) is 79.1 Å². The normalized spacial score (nSPS) is 17.8. The summed E-state index contributed by atoms with van der Waals surface area (Å²) < 4.78 is 31.5. The maximum atomic E-state index is 14.9. The molecule has 2 aliphatic heterocycles. The van der Waals surface area contributed by atoms with Crippen molar-refractivity contribution in [3.63, 3.8) is 0 Å². The Labute approximate surface area is 300 Å². The molecule has 2 fully saturated rings. The molecule has 2 amide bonds. The second-order valence-corrected chi connectivity index (χ2v) is 12.9. The molecule has 2 aliphatic rings. The first-order valence-corrected chi connectivity index (χ1v) is 17.2. The molecular weight excluding hydrogens is 667 g/mol. The van der Waals surface area contributed by atoms with Gasteiger partial charge < -0.3 is 29.3 Å². The Bertz CT molecular complexity index is 2020. The van der Waals surface area contributed by atoms with Crippen molar-refractivity contribution >= 4 is 34.1 Å². The highest BCUT2D eigenvalue weighted by molar-refractivity contribution is 6.01. The van der Waals surface area contributed by atoms with Crippen LogP contribution in [0.1, 0.15) is 6.42 Å². The average molecular weight is 709 g/mol. The van der Waals surface area contributed by atoms with Gasteiger partial charge in [-0.1, -0.05) is 0 Å². The number of ether oxygens (including phenoxy) is 3. The van der Waals surface area contributed by atoms with Crippen molar-refractivity contribution in [2.45, 2.75) is 12.0 Å². The number of nitrogens with one attached hydrogen (secondary N) is 2. The molecule has 0 radical (unpaired) electrons. The summed E-state index contributed by atoms with van der Waals surface area (Å²) in [7, 11) is 3.17. The van der Waals surface area contributed by atoms with E-state index < -0.39 is 5.60 Å². The second kappa shape index (κ2) is 15.4. The maximum absolute atomic E-state index is 14.9. The van der Waals surface area contributed by atoms with Gasteiger partial charge in [-0.2, -0.15) is 5.10 Å². The molecular formula is C38H41FN8O5. The lowest BCUT2D eigenvalue weighted by Crippen LogP contribution is -2.52. The molecule has 0 aliphatic carbocycles. The Morgan fingerprint density at radius 2 is 1.73 bits per heavy atom. The van der Waals surface area contributed by atoms with Crippen molar-refractivity contribution in [1.82, 2.24) is 30.0 Å². The number of aromatic nitrogens is 4. The lowest BCUT2D eigenvalue weighted by atomic mass is 10.0. The number of piperazine rings is 1. The van der Waals surface area contributed by atoms with Gasteiger partial charge in [0.2, 0.25) is 5.91 Å². The Hall–Kier alpha value is -5.44. The number of amides is 2. The maximum Gasteiger partial charge on any atom is 0.258 e. The van der Waals surface area contributed by atoms with Gasteiger partial charge in [-0.15, -0.1) is 0 Å². The molecule has 1 unspecified atom stereocenters. The van der Waals surface area contributed by atoms with Crippen LogP contribution < -0.4 is 15.0 Å². The zero-order chi connectivity index (χ0) is 36.1. The summed E-state index contributed by atoms with van der Waals surface area (Å²) in [6.45, 7) is 4.16. The third kappa shape index (κ3) is 7.45. The predicted octanol–water partition coefficient (Wildman–Crippen LogP) is 4.23. The lowest BCUT2D eigenvalue weighted by molar-refractivity contribution is -0.138. The number of carbonyl (C=O) groups is 2. The van der Waals surface area contributed by atoms with Crippen LogP contribution in [-0.2, 0) is 19.1 Å². The lowest BCUT2D eigenvalue weighted by Gasteiger charge is -2.37. The third-order valence-electron chi connectivity index (χ3n) is 9.74. The van der Waals surface area contributed by atoms with Crippen LogP contribution in [0.2, 0.25) is 0 Å². The number of benzene rings is 3. The van der Waals surface area contributed by atoms with Crippen LogP contribution in [-0.4, -0.2) is 121 Å². The zero-order valence-corrected chi connectivity index (χ0v) is 29.2. The third-order valence-corrected chi connectivity index (χ3v) is 9.74. The summed E-state index contributed by atoms with van der Waals surface area (Å²) in [5.74, 6) is 0.413. The van der Waals surface area contributed by atoms with Crippen LogP contribution >= 0.6 is 0 Å². The number of fused-ring (bicyclic) bond motifs is 1. The first-order valence-electron chi connectivity index (χ1n) is 17.2. The van der Waals surface area contributed by atoms with Crippen molar-refractivity contribution in [2.75, 3.05) is 83.5 Å². The van der Waals surface area contributed by atoms with E-state index in [9.17, 15) is 14.0 Å². The van der Waals surface area contributed by atoms with Crippen molar-refractivity contribution in [3.8, 4) is 28.4 Å². The number of nitrogens with zero attached hydrogens (tertiary/aromatic N) is 6. The van der Waals surface area contributed by atoms with Crippen molar-refractivity contribution in [1.29, 1.82) is 0 Å². The molecule has 270 valence electrons. The molecule has 13 nitrogen and oxygen atoms in total. The number of likely N-dealkylation sites (tertiary alicyclic amines) is 1. The van der Waals surface area contributed by atoms with E-state index in [1.54, 1.807) is 31.6 Å². The van der Waals surface area contributed by atoms with Crippen LogP contribution in [0.25, 0.3) is 33.5 Å². The smallest absolute Gasteiger partial charge is 0.258 e. The number of methoxy groups -OCH3 is 2. The average Bonchev–Trinajstić information content (AvgIpc) is 3.80. The first kappa shape index (κ1) is 35.0. The minimum atomic E-state index is -1.10. The second-order valence-electron chi connectivity index (χ2n) is 12.9. The number of hydrogen-bond donors (Lipinski definition) is 2. The molecule has 5 aromatic rings. The summed E-state index contributed by atoms with van der Waals surface area (Å²) in [4.78, 5) is 41.2. The van der Waals surface area contributed by atoms with Crippen LogP contribution in [0, 0.1) is 5.82 Å². The molecule has 7 rings (SSSR count). The minimum absolute atomic E-state index is 0.0118. The van der Waals surface area contributed by atoms with E-state index in [0.717, 1.165) is 33.6 Å². The van der Waals surface area contributed by atoms with Crippen molar-refractivity contribution in [3.05, 3.63) is 84.9 Å². The molecule has 52 heavy (non-hydrogen) atoms. The fourth-order valence-electron chi connectivity index (χ4n) is 6.77. The molecule has 0 saturated carbocycles. The summed E-state index contributed by atoms with van der Waals surface area (Å²) in [5, 5.41) is 11.5. The topological polar surface area (TPSA) is 138 Å². The Morgan fingerprint density at radius 1 is 0.942 bits per heavy atom. The van der Waals surface area contributed by atoms with Crippen LogP contribution in [0.3, 0.4) is 0 Å². The van der Waals surface area contributed by atoms with E-state index in [1.165, 1.54) is 13.2 Å². The molecule has 0 spiro atoms. The van der Waals surface area contributed by atoms with Gasteiger partial charge in [-0.25, -0.2) is 14.4 Å². The van der Waals surface area contributed by atoms with Crippen molar-refractivity contribution in [2.24, 2.45) is 0 Å². The molecule has 3 aromatic carbocycles. The molecule has 4 heterocycles. The number of rotatable bonds is 12. The Morgan fingerprint density at radius 3 is 2.46 bits per heavy atom. The quantitative estimate of drug-likeness (QED) is 0.181. The van der Waals surface area contributed by atoms with Crippen LogP contribution in [0.4, 0.5) is 15.8 Å². The summed E-state index contributed by atoms with van der Waals surface area (Å²) in [5.41, 5.74) is 3.11. The number of carbonyl (C=O) groups excluding carboxylic acids is 2. The number of H-pyrrole nitrogens is 1. The van der Waals surface area contributed by atoms with Gasteiger partial charge in [0.25, 0.3) is 5.91 Å². The molecule has 2 N–H and O–H groups in total. The number of hydrogen-bond acceptors (Lipinski definition) is 10. The number of halogens is 1. The highest BCUT2D eigenvalue weighted by Crippen LogP contribution is 2.32. The fourth-order valence-corrected chi connectivity index (χ4v) is 6.77. The highest BCUT2D eigenvalue weighted by Gasteiger charge is 2.45. The predicted molar refractivity (Wildman–Crippen MR) is 195 cm³/mol. The van der Waals surface area contributed by atoms with E-state index in [1.807, 2.05) is 58.3 Å². The van der Waals surface area contributed by atoms with Gasteiger partial charge in [-0.05, 0) is 73.2 Å².